The maximum atomic E-state index is 12.5. The summed E-state index contributed by atoms with van der Waals surface area (Å²) in [6, 6.07) is 0.522. The van der Waals surface area contributed by atoms with Gasteiger partial charge in [-0.15, -0.1) is 0 Å². The molecule has 0 aromatic rings. The third kappa shape index (κ3) is 3.31. The summed E-state index contributed by atoms with van der Waals surface area (Å²) < 4.78 is 11.2. The van der Waals surface area contributed by atoms with E-state index in [0.29, 0.717) is 38.9 Å². The van der Waals surface area contributed by atoms with Gasteiger partial charge in [-0.2, -0.15) is 0 Å². The van der Waals surface area contributed by atoms with Gasteiger partial charge in [0.05, 0.1) is 38.5 Å². The number of hydrogen-bond donors (Lipinski definition) is 1. The van der Waals surface area contributed by atoms with Crippen LogP contribution in [-0.4, -0.2) is 92.1 Å². The Balaban J connectivity index is 1.57. The predicted octanol–water partition coefficient (Wildman–Crippen LogP) is -0.262. The predicted molar refractivity (Wildman–Crippen MR) is 77.9 cm³/mol. The van der Waals surface area contributed by atoms with Crippen LogP contribution in [0.2, 0.25) is 0 Å². The molecule has 3 rings (SSSR count). The molecule has 120 valence electrons. The van der Waals surface area contributed by atoms with Gasteiger partial charge < -0.3 is 19.3 Å². The van der Waals surface area contributed by atoms with Gasteiger partial charge in [-0.1, -0.05) is 6.92 Å². The number of carbonyl (C=O) groups is 1. The van der Waals surface area contributed by atoms with Gasteiger partial charge >= 0.3 is 6.03 Å². The molecule has 3 heterocycles. The van der Waals surface area contributed by atoms with Crippen LogP contribution in [0.4, 0.5) is 4.79 Å². The highest BCUT2D eigenvalue weighted by molar-refractivity contribution is 5.74. The molecular weight excluding hydrogens is 272 g/mol. The number of urea groups is 1. The molecule has 0 aromatic carbocycles. The Hall–Kier alpha value is -0.890. The van der Waals surface area contributed by atoms with Gasteiger partial charge in [0, 0.05) is 32.7 Å². The zero-order valence-electron chi connectivity index (χ0n) is 12.8. The number of carbonyl (C=O) groups excluding carboxylic acids is 1. The highest BCUT2D eigenvalue weighted by Crippen LogP contribution is 2.23. The molecular formula is C14H26N4O3. The summed E-state index contributed by atoms with van der Waals surface area (Å²) in [4.78, 5) is 16.4. The molecule has 7 nitrogen and oxygen atoms in total. The number of amides is 2. The maximum absolute atomic E-state index is 12.5. The fourth-order valence-corrected chi connectivity index (χ4v) is 3.42. The number of hydrazine groups is 1. The van der Waals surface area contributed by atoms with Crippen molar-refractivity contribution < 1.29 is 14.3 Å². The number of morpholine rings is 2. The molecule has 2 amide bonds. The second kappa shape index (κ2) is 6.91. The van der Waals surface area contributed by atoms with Crippen LogP contribution < -0.4 is 5.43 Å². The second-order valence-electron chi connectivity index (χ2n) is 5.80. The van der Waals surface area contributed by atoms with Crippen molar-refractivity contribution in [1.82, 2.24) is 20.2 Å². The van der Waals surface area contributed by atoms with Gasteiger partial charge in [-0.25, -0.2) is 9.80 Å². The van der Waals surface area contributed by atoms with Gasteiger partial charge in [0.25, 0.3) is 0 Å². The lowest BCUT2D eigenvalue weighted by atomic mass is 10.00. The second-order valence-corrected chi connectivity index (χ2v) is 5.80. The van der Waals surface area contributed by atoms with E-state index in [4.69, 9.17) is 9.47 Å². The molecule has 0 aromatic heterocycles. The van der Waals surface area contributed by atoms with Crippen molar-refractivity contribution in [2.75, 3.05) is 59.1 Å². The van der Waals surface area contributed by atoms with Crippen molar-refractivity contribution >= 4 is 6.03 Å². The molecule has 3 saturated heterocycles. The Morgan fingerprint density at radius 3 is 2.71 bits per heavy atom. The Morgan fingerprint density at radius 2 is 1.95 bits per heavy atom. The highest BCUT2D eigenvalue weighted by atomic mass is 16.5. The topological polar surface area (TPSA) is 57.3 Å². The van der Waals surface area contributed by atoms with Crippen LogP contribution in [0.25, 0.3) is 0 Å². The van der Waals surface area contributed by atoms with Crippen molar-refractivity contribution in [3.63, 3.8) is 0 Å². The number of nitrogens with one attached hydrogen (secondary N) is 1. The number of nitrogens with zero attached hydrogens (tertiary/aromatic N) is 3. The lowest BCUT2D eigenvalue weighted by Crippen LogP contribution is -2.64. The number of likely N-dealkylation sites (tertiary alicyclic amines) is 1. The van der Waals surface area contributed by atoms with Gasteiger partial charge in [0.1, 0.15) is 0 Å². The number of rotatable bonds is 2. The molecule has 7 heteroatoms. The van der Waals surface area contributed by atoms with E-state index in [1.165, 1.54) is 0 Å². The summed E-state index contributed by atoms with van der Waals surface area (Å²) in [5.74, 6) is 0. The third-order valence-electron chi connectivity index (χ3n) is 4.50. The summed E-state index contributed by atoms with van der Waals surface area (Å²) in [5.41, 5.74) is 3.41. The number of ether oxygens (including phenoxy) is 2. The van der Waals surface area contributed by atoms with Crippen LogP contribution in [0.15, 0.2) is 0 Å². The van der Waals surface area contributed by atoms with Crippen LogP contribution in [0, 0.1) is 0 Å². The molecule has 3 aliphatic heterocycles. The van der Waals surface area contributed by atoms with Crippen molar-refractivity contribution in [3.8, 4) is 0 Å². The minimum Gasteiger partial charge on any atom is -0.378 e. The fraction of sp³-hybridized carbons (Fsp3) is 0.929. The molecule has 1 N–H and O–H groups in total. The van der Waals surface area contributed by atoms with E-state index < -0.39 is 0 Å². The van der Waals surface area contributed by atoms with Crippen LogP contribution in [0.5, 0.6) is 0 Å². The maximum Gasteiger partial charge on any atom is 0.320 e. The molecule has 0 aliphatic carbocycles. The third-order valence-corrected chi connectivity index (χ3v) is 4.50. The van der Waals surface area contributed by atoms with E-state index in [9.17, 15) is 4.79 Å². The van der Waals surface area contributed by atoms with Crippen LogP contribution in [-0.2, 0) is 9.47 Å². The molecule has 2 atom stereocenters. The fourth-order valence-electron chi connectivity index (χ4n) is 3.42. The molecule has 2 unspecified atom stereocenters. The molecule has 0 saturated carbocycles. The minimum absolute atomic E-state index is 0.122. The number of fused-ring (bicyclic) bond motifs is 1. The zero-order valence-corrected chi connectivity index (χ0v) is 12.8. The Morgan fingerprint density at radius 1 is 1.14 bits per heavy atom. The molecule has 3 aliphatic rings. The van der Waals surface area contributed by atoms with E-state index in [2.05, 4.69) is 17.4 Å². The normalized spacial score (nSPS) is 31.1. The van der Waals surface area contributed by atoms with Crippen LogP contribution >= 0.6 is 0 Å². The largest absolute Gasteiger partial charge is 0.378 e. The first kappa shape index (κ1) is 15.0. The molecule has 0 spiro atoms. The van der Waals surface area contributed by atoms with Crippen molar-refractivity contribution in [2.24, 2.45) is 0 Å². The lowest BCUT2D eigenvalue weighted by Gasteiger charge is -2.47. The van der Waals surface area contributed by atoms with Gasteiger partial charge in [-0.3, -0.25) is 5.43 Å². The SMILES string of the molecule is CCNN1CCOC2CN(C(=O)N3CCOCC3)CCC21. The number of piperidine rings is 1. The lowest BCUT2D eigenvalue weighted by molar-refractivity contribution is -0.116. The van der Waals surface area contributed by atoms with Crippen LogP contribution in [0.3, 0.4) is 0 Å². The standard InChI is InChI=1S/C14H26N4O3/c1-2-15-18-7-10-21-13-11-17(4-3-12(13)18)14(19)16-5-8-20-9-6-16/h12-13,15H,2-11H2,1H3. The van der Waals surface area contributed by atoms with E-state index >= 15 is 0 Å². The molecule has 3 fully saturated rings. The minimum atomic E-state index is 0.122. The average molecular weight is 298 g/mol. The summed E-state index contributed by atoms with van der Waals surface area (Å²) in [5, 5.41) is 2.30. The van der Waals surface area contributed by atoms with Gasteiger partial charge in [0.15, 0.2) is 0 Å². The smallest absolute Gasteiger partial charge is 0.320 e. The highest BCUT2D eigenvalue weighted by Gasteiger charge is 2.39. The van der Waals surface area contributed by atoms with Crippen LogP contribution in [0.1, 0.15) is 13.3 Å². The molecule has 0 radical (unpaired) electrons. The van der Waals surface area contributed by atoms with E-state index in [1.807, 2.05) is 9.80 Å². The first-order valence-corrected chi connectivity index (χ1v) is 8.03. The first-order chi connectivity index (χ1) is 10.3. The average Bonchev–Trinajstić information content (AvgIpc) is 2.55. The Labute approximate surface area is 126 Å². The summed E-state index contributed by atoms with van der Waals surface area (Å²) in [7, 11) is 0. The van der Waals surface area contributed by atoms with Gasteiger partial charge in [-0.05, 0) is 6.42 Å². The quantitative estimate of drug-likeness (QED) is 0.761. The Kier molecular flexibility index (Phi) is 4.95. The molecule has 21 heavy (non-hydrogen) atoms. The van der Waals surface area contributed by atoms with Crippen molar-refractivity contribution in [1.29, 1.82) is 0 Å². The van der Waals surface area contributed by atoms with Crippen molar-refractivity contribution in [2.45, 2.75) is 25.5 Å². The van der Waals surface area contributed by atoms with E-state index in [-0.39, 0.29) is 12.1 Å². The van der Waals surface area contributed by atoms with E-state index in [1.54, 1.807) is 0 Å². The summed E-state index contributed by atoms with van der Waals surface area (Å²) >= 11 is 0. The summed E-state index contributed by atoms with van der Waals surface area (Å²) in [6.07, 6.45) is 1.09. The Bertz CT molecular complexity index is 360. The van der Waals surface area contributed by atoms with Gasteiger partial charge in [0.2, 0.25) is 0 Å². The monoisotopic (exact) mass is 298 g/mol. The summed E-state index contributed by atoms with van der Waals surface area (Å²) in [6.45, 7) is 8.90. The molecule has 0 bridgehead atoms. The number of hydrogen-bond acceptors (Lipinski definition) is 5. The first-order valence-electron chi connectivity index (χ1n) is 8.03. The van der Waals surface area contributed by atoms with E-state index in [0.717, 1.165) is 32.7 Å². The van der Waals surface area contributed by atoms with Crippen molar-refractivity contribution in [3.05, 3.63) is 0 Å². The zero-order chi connectivity index (χ0) is 14.7.